The van der Waals surface area contributed by atoms with Crippen LogP contribution in [0.15, 0.2) is 48.8 Å². The smallest absolute Gasteiger partial charge is 0.146 e. The van der Waals surface area contributed by atoms with Gasteiger partial charge in [0.25, 0.3) is 0 Å². The Kier molecular flexibility index (Phi) is 2.26. The topological polar surface area (TPSA) is 40.7 Å². The summed E-state index contributed by atoms with van der Waals surface area (Å²) in [6.07, 6.45) is 3.49. The summed E-state index contributed by atoms with van der Waals surface area (Å²) >= 11 is 0. The molecule has 0 aliphatic rings. The maximum atomic E-state index is 13.5. The summed E-state index contributed by atoms with van der Waals surface area (Å²) < 4.78 is 13.5. The standard InChI is InChI=1S/C13H10FN3/c14-10-3-1-2-4-12(10)17-11-6-8-16-13-9(11)5-7-15-13/h1-8H,(H2,15,16,17). The van der Waals surface area contributed by atoms with Gasteiger partial charge in [-0.25, -0.2) is 9.37 Å². The van der Waals surface area contributed by atoms with Gasteiger partial charge in [-0.1, -0.05) is 12.1 Å². The van der Waals surface area contributed by atoms with Crippen molar-refractivity contribution < 1.29 is 4.39 Å². The number of fused-ring (bicyclic) bond motifs is 1. The van der Waals surface area contributed by atoms with E-state index in [1.807, 2.05) is 18.3 Å². The van der Waals surface area contributed by atoms with E-state index in [0.717, 1.165) is 16.7 Å². The summed E-state index contributed by atoms with van der Waals surface area (Å²) in [7, 11) is 0. The van der Waals surface area contributed by atoms with E-state index in [9.17, 15) is 4.39 Å². The Labute approximate surface area is 97.3 Å². The molecule has 0 unspecified atom stereocenters. The van der Waals surface area contributed by atoms with Gasteiger partial charge in [-0.15, -0.1) is 0 Å². The number of aromatic nitrogens is 2. The van der Waals surface area contributed by atoms with E-state index in [-0.39, 0.29) is 5.82 Å². The van der Waals surface area contributed by atoms with Crippen molar-refractivity contribution in [1.29, 1.82) is 0 Å². The van der Waals surface area contributed by atoms with Gasteiger partial charge in [-0.2, -0.15) is 0 Å². The molecule has 1 aromatic carbocycles. The number of halogens is 1. The van der Waals surface area contributed by atoms with E-state index in [1.165, 1.54) is 6.07 Å². The van der Waals surface area contributed by atoms with Gasteiger partial charge in [0.05, 0.1) is 11.4 Å². The molecule has 3 rings (SSSR count). The highest BCUT2D eigenvalue weighted by Crippen LogP contribution is 2.25. The SMILES string of the molecule is Fc1ccccc1Nc1ccnc2[nH]ccc12. The first kappa shape index (κ1) is 9.84. The number of rotatable bonds is 2. The largest absolute Gasteiger partial charge is 0.352 e. The van der Waals surface area contributed by atoms with Gasteiger partial charge >= 0.3 is 0 Å². The van der Waals surface area contributed by atoms with Crippen LogP contribution in [0.3, 0.4) is 0 Å². The Bertz CT molecular complexity index is 660. The van der Waals surface area contributed by atoms with Crippen LogP contribution < -0.4 is 5.32 Å². The Hall–Kier alpha value is -2.36. The second kappa shape index (κ2) is 3.90. The van der Waals surface area contributed by atoms with Gasteiger partial charge in [-0.05, 0) is 24.3 Å². The lowest BCUT2D eigenvalue weighted by atomic mass is 10.2. The Morgan fingerprint density at radius 2 is 1.94 bits per heavy atom. The summed E-state index contributed by atoms with van der Waals surface area (Å²) in [4.78, 5) is 7.19. The van der Waals surface area contributed by atoms with Crippen molar-refractivity contribution in [2.24, 2.45) is 0 Å². The molecule has 2 N–H and O–H groups in total. The molecular formula is C13H10FN3. The first-order valence-electron chi connectivity index (χ1n) is 5.28. The maximum absolute atomic E-state index is 13.5. The third-order valence-corrected chi connectivity index (χ3v) is 2.60. The van der Waals surface area contributed by atoms with Crippen molar-refractivity contribution in [3.63, 3.8) is 0 Å². The van der Waals surface area contributed by atoms with E-state index in [1.54, 1.807) is 24.4 Å². The molecule has 17 heavy (non-hydrogen) atoms. The fraction of sp³-hybridized carbons (Fsp3) is 0. The van der Waals surface area contributed by atoms with Crippen molar-refractivity contribution >= 4 is 22.4 Å². The molecule has 0 saturated heterocycles. The highest BCUT2D eigenvalue weighted by molar-refractivity contribution is 5.91. The number of hydrogen-bond acceptors (Lipinski definition) is 2. The second-order valence-electron chi connectivity index (χ2n) is 3.70. The number of nitrogens with zero attached hydrogens (tertiary/aromatic N) is 1. The molecule has 0 spiro atoms. The van der Waals surface area contributed by atoms with Gasteiger partial charge in [0.1, 0.15) is 11.5 Å². The van der Waals surface area contributed by atoms with Gasteiger partial charge < -0.3 is 10.3 Å². The number of H-pyrrole nitrogens is 1. The van der Waals surface area contributed by atoms with Crippen LogP contribution in [0.5, 0.6) is 0 Å². The highest BCUT2D eigenvalue weighted by atomic mass is 19.1. The number of benzene rings is 1. The van der Waals surface area contributed by atoms with Crippen molar-refractivity contribution in [3.05, 3.63) is 54.6 Å². The van der Waals surface area contributed by atoms with E-state index in [2.05, 4.69) is 15.3 Å². The molecule has 2 aromatic heterocycles. The summed E-state index contributed by atoms with van der Waals surface area (Å²) in [5.41, 5.74) is 2.08. The van der Waals surface area contributed by atoms with E-state index in [4.69, 9.17) is 0 Å². The molecular weight excluding hydrogens is 217 g/mol. The number of para-hydroxylation sites is 1. The monoisotopic (exact) mass is 227 g/mol. The Balaban J connectivity index is 2.06. The molecule has 0 bridgehead atoms. The second-order valence-corrected chi connectivity index (χ2v) is 3.70. The van der Waals surface area contributed by atoms with Gasteiger partial charge in [0.2, 0.25) is 0 Å². The molecule has 0 fully saturated rings. The number of hydrogen-bond donors (Lipinski definition) is 2. The van der Waals surface area contributed by atoms with Crippen molar-refractivity contribution in [1.82, 2.24) is 9.97 Å². The summed E-state index contributed by atoms with van der Waals surface area (Å²) in [5.74, 6) is -0.270. The Morgan fingerprint density at radius 3 is 2.82 bits per heavy atom. The normalized spacial score (nSPS) is 10.6. The lowest BCUT2D eigenvalue weighted by Gasteiger charge is -2.08. The van der Waals surface area contributed by atoms with Crippen LogP contribution in [-0.4, -0.2) is 9.97 Å². The van der Waals surface area contributed by atoms with Crippen LogP contribution >= 0.6 is 0 Å². The summed E-state index contributed by atoms with van der Waals surface area (Å²) in [6, 6.07) is 10.3. The molecule has 4 heteroatoms. The lowest BCUT2D eigenvalue weighted by molar-refractivity contribution is 0.632. The van der Waals surface area contributed by atoms with Crippen LogP contribution in [-0.2, 0) is 0 Å². The van der Waals surface area contributed by atoms with Crippen LogP contribution in [0, 0.1) is 5.82 Å². The fourth-order valence-corrected chi connectivity index (χ4v) is 1.78. The zero-order chi connectivity index (χ0) is 11.7. The van der Waals surface area contributed by atoms with Gasteiger partial charge in [0.15, 0.2) is 0 Å². The van der Waals surface area contributed by atoms with Gasteiger partial charge in [0, 0.05) is 17.8 Å². The molecule has 0 saturated carbocycles. The first-order valence-corrected chi connectivity index (χ1v) is 5.28. The van der Waals surface area contributed by atoms with Crippen molar-refractivity contribution in [3.8, 4) is 0 Å². The first-order chi connectivity index (χ1) is 8.34. The van der Waals surface area contributed by atoms with Crippen LogP contribution in [0.2, 0.25) is 0 Å². The van der Waals surface area contributed by atoms with E-state index < -0.39 is 0 Å². The third-order valence-electron chi connectivity index (χ3n) is 2.60. The third kappa shape index (κ3) is 1.73. The predicted molar refractivity (Wildman–Crippen MR) is 65.8 cm³/mol. The van der Waals surface area contributed by atoms with Crippen molar-refractivity contribution in [2.45, 2.75) is 0 Å². The average Bonchev–Trinajstić information content (AvgIpc) is 2.81. The predicted octanol–water partition coefficient (Wildman–Crippen LogP) is 3.45. The molecule has 3 aromatic rings. The molecule has 0 radical (unpaired) electrons. The Morgan fingerprint density at radius 1 is 1.06 bits per heavy atom. The molecule has 0 aliphatic heterocycles. The zero-order valence-electron chi connectivity index (χ0n) is 8.94. The van der Waals surface area contributed by atoms with Crippen molar-refractivity contribution in [2.75, 3.05) is 5.32 Å². The molecule has 0 amide bonds. The summed E-state index contributed by atoms with van der Waals surface area (Å²) in [6.45, 7) is 0. The number of aromatic amines is 1. The minimum absolute atomic E-state index is 0.270. The molecule has 84 valence electrons. The molecule has 0 aliphatic carbocycles. The van der Waals surface area contributed by atoms with E-state index >= 15 is 0 Å². The van der Waals surface area contributed by atoms with E-state index in [0.29, 0.717) is 5.69 Å². The zero-order valence-corrected chi connectivity index (χ0v) is 8.94. The molecule has 0 atom stereocenters. The van der Waals surface area contributed by atoms with Crippen LogP contribution in [0.25, 0.3) is 11.0 Å². The number of anilines is 2. The molecule has 2 heterocycles. The minimum Gasteiger partial charge on any atom is -0.352 e. The molecule has 3 nitrogen and oxygen atoms in total. The van der Waals surface area contributed by atoms with Gasteiger partial charge in [-0.3, -0.25) is 0 Å². The number of nitrogens with one attached hydrogen (secondary N) is 2. The van der Waals surface area contributed by atoms with Crippen LogP contribution in [0.4, 0.5) is 15.8 Å². The summed E-state index contributed by atoms with van der Waals surface area (Å²) in [5, 5.41) is 4.01. The quantitative estimate of drug-likeness (QED) is 0.704. The minimum atomic E-state index is -0.270. The highest BCUT2D eigenvalue weighted by Gasteiger charge is 2.05. The number of pyridine rings is 1. The van der Waals surface area contributed by atoms with Crippen LogP contribution in [0.1, 0.15) is 0 Å². The lowest BCUT2D eigenvalue weighted by Crippen LogP contribution is -1.94. The maximum Gasteiger partial charge on any atom is 0.146 e. The fourth-order valence-electron chi connectivity index (χ4n) is 1.78. The average molecular weight is 227 g/mol.